The summed E-state index contributed by atoms with van der Waals surface area (Å²) < 4.78 is 52.9. The molecule has 8 heteroatoms. The van der Waals surface area contributed by atoms with Crippen LogP contribution in [0.25, 0.3) is 0 Å². The first-order valence-electron chi connectivity index (χ1n) is 5.74. The number of hydrogen-bond donors (Lipinski definition) is 2. The van der Waals surface area contributed by atoms with Crippen LogP contribution < -0.4 is 10.5 Å². The summed E-state index contributed by atoms with van der Waals surface area (Å²) in [5.74, 6) is -2.01. The van der Waals surface area contributed by atoms with Gasteiger partial charge in [-0.3, -0.25) is 4.72 Å². The van der Waals surface area contributed by atoms with Gasteiger partial charge in [-0.1, -0.05) is 17.7 Å². The Balaban J connectivity index is 2.44. The number of halogens is 3. The van der Waals surface area contributed by atoms with E-state index < -0.39 is 27.3 Å². The van der Waals surface area contributed by atoms with Crippen molar-refractivity contribution in [1.29, 1.82) is 0 Å². The number of aryl methyl sites for hydroxylation is 1. The Labute approximate surface area is 125 Å². The first-order chi connectivity index (χ1) is 9.70. The van der Waals surface area contributed by atoms with Crippen LogP contribution in [-0.2, 0) is 10.0 Å². The van der Waals surface area contributed by atoms with E-state index in [-0.39, 0.29) is 15.6 Å². The second kappa shape index (κ2) is 5.50. The Morgan fingerprint density at radius 2 is 1.86 bits per heavy atom. The molecular formula is C13H11ClF2N2O2S. The SMILES string of the molecule is Cc1ccc(S(=O)(=O)Nc2c(F)cc(F)cc2Cl)cc1N. The van der Waals surface area contributed by atoms with Crippen molar-refractivity contribution in [2.24, 2.45) is 0 Å². The maximum atomic E-state index is 13.6. The molecule has 0 bridgehead atoms. The molecule has 0 fully saturated rings. The Bertz CT molecular complexity index is 787. The molecule has 4 nitrogen and oxygen atoms in total. The molecule has 0 aliphatic carbocycles. The highest BCUT2D eigenvalue weighted by Crippen LogP contribution is 2.29. The van der Waals surface area contributed by atoms with Crippen molar-refractivity contribution in [1.82, 2.24) is 0 Å². The molecule has 0 aromatic heterocycles. The molecule has 112 valence electrons. The summed E-state index contributed by atoms with van der Waals surface area (Å²) in [5, 5.41) is -0.379. The zero-order chi connectivity index (χ0) is 15.8. The molecule has 0 radical (unpaired) electrons. The van der Waals surface area contributed by atoms with Crippen LogP contribution in [0.4, 0.5) is 20.2 Å². The molecule has 0 aliphatic rings. The van der Waals surface area contributed by atoms with E-state index in [1.54, 1.807) is 6.92 Å². The van der Waals surface area contributed by atoms with Crippen molar-refractivity contribution < 1.29 is 17.2 Å². The summed E-state index contributed by atoms with van der Waals surface area (Å²) >= 11 is 5.65. The van der Waals surface area contributed by atoms with E-state index in [2.05, 4.69) is 0 Å². The van der Waals surface area contributed by atoms with Crippen LogP contribution in [0.2, 0.25) is 5.02 Å². The number of benzene rings is 2. The zero-order valence-corrected chi connectivity index (χ0v) is 12.4. The van der Waals surface area contributed by atoms with Crippen LogP contribution >= 0.6 is 11.6 Å². The van der Waals surface area contributed by atoms with E-state index in [9.17, 15) is 17.2 Å². The summed E-state index contributed by atoms with van der Waals surface area (Å²) in [7, 11) is -4.09. The van der Waals surface area contributed by atoms with Crippen LogP contribution in [0, 0.1) is 18.6 Å². The molecule has 2 rings (SSSR count). The molecule has 0 atom stereocenters. The Morgan fingerprint density at radius 1 is 1.19 bits per heavy atom. The van der Waals surface area contributed by atoms with E-state index in [1.165, 1.54) is 18.2 Å². The van der Waals surface area contributed by atoms with Gasteiger partial charge in [0.05, 0.1) is 9.92 Å². The van der Waals surface area contributed by atoms with Gasteiger partial charge in [-0.2, -0.15) is 0 Å². The second-order valence-electron chi connectivity index (χ2n) is 4.37. The molecular weight excluding hydrogens is 322 g/mol. The third-order valence-electron chi connectivity index (χ3n) is 2.80. The van der Waals surface area contributed by atoms with Gasteiger partial charge in [-0.25, -0.2) is 17.2 Å². The molecule has 0 amide bonds. The van der Waals surface area contributed by atoms with Crippen LogP contribution in [0.1, 0.15) is 5.56 Å². The lowest BCUT2D eigenvalue weighted by Gasteiger charge is -2.11. The highest BCUT2D eigenvalue weighted by molar-refractivity contribution is 7.92. The van der Waals surface area contributed by atoms with Gasteiger partial charge in [0.15, 0.2) is 5.82 Å². The lowest BCUT2D eigenvalue weighted by atomic mass is 10.2. The van der Waals surface area contributed by atoms with E-state index >= 15 is 0 Å². The molecule has 21 heavy (non-hydrogen) atoms. The van der Waals surface area contributed by atoms with Crippen molar-refractivity contribution in [3.63, 3.8) is 0 Å². The number of nitrogens with one attached hydrogen (secondary N) is 1. The van der Waals surface area contributed by atoms with E-state index in [0.29, 0.717) is 11.6 Å². The molecule has 0 spiro atoms. The van der Waals surface area contributed by atoms with Gasteiger partial charge in [0.1, 0.15) is 11.5 Å². The fraction of sp³-hybridized carbons (Fsp3) is 0.0769. The molecule has 0 saturated heterocycles. The fourth-order valence-electron chi connectivity index (χ4n) is 1.62. The minimum absolute atomic E-state index is 0.148. The Hall–Kier alpha value is -1.86. The van der Waals surface area contributed by atoms with Crippen molar-refractivity contribution in [2.75, 3.05) is 10.5 Å². The first-order valence-corrected chi connectivity index (χ1v) is 7.60. The third-order valence-corrected chi connectivity index (χ3v) is 4.45. The maximum absolute atomic E-state index is 13.6. The van der Waals surface area contributed by atoms with Crippen molar-refractivity contribution in [3.8, 4) is 0 Å². The van der Waals surface area contributed by atoms with Crippen LogP contribution in [-0.4, -0.2) is 8.42 Å². The van der Waals surface area contributed by atoms with E-state index in [1.807, 2.05) is 4.72 Å². The number of nitrogen functional groups attached to an aromatic ring is 1. The number of nitrogens with two attached hydrogens (primary N) is 1. The van der Waals surface area contributed by atoms with Gasteiger partial charge in [-0.05, 0) is 30.7 Å². The molecule has 2 aromatic carbocycles. The molecule has 0 heterocycles. The van der Waals surface area contributed by atoms with Crippen molar-refractivity contribution in [3.05, 3.63) is 52.6 Å². The summed E-state index contributed by atoms with van der Waals surface area (Å²) in [4.78, 5) is -0.148. The summed E-state index contributed by atoms with van der Waals surface area (Å²) in [6, 6.07) is 5.43. The van der Waals surface area contributed by atoms with E-state index in [0.717, 1.165) is 6.07 Å². The number of sulfonamides is 1. The number of hydrogen-bond acceptors (Lipinski definition) is 3. The van der Waals surface area contributed by atoms with Crippen LogP contribution in [0.3, 0.4) is 0 Å². The lowest BCUT2D eigenvalue weighted by Crippen LogP contribution is -2.15. The fourth-order valence-corrected chi connectivity index (χ4v) is 3.04. The molecule has 0 aliphatic heterocycles. The minimum Gasteiger partial charge on any atom is -0.398 e. The van der Waals surface area contributed by atoms with E-state index in [4.69, 9.17) is 17.3 Å². The van der Waals surface area contributed by atoms with Crippen LogP contribution in [0.15, 0.2) is 35.2 Å². The maximum Gasteiger partial charge on any atom is 0.262 e. The lowest BCUT2D eigenvalue weighted by molar-refractivity contribution is 0.583. The Morgan fingerprint density at radius 3 is 2.43 bits per heavy atom. The van der Waals surface area contributed by atoms with Gasteiger partial charge >= 0.3 is 0 Å². The first kappa shape index (κ1) is 15.5. The highest BCUT2D eigenvalue weighted by atomic mass is 35.5. The second-order valence-corrected chi connectivity index (χ2v) is 6.46. The van der Waals surface area contributed by atoms with Gasteiger partial charge < -0.3 is 5.73 Å². The zero-order valence-electron chi connectivity index (χ0n) is 10.8. The predicted octanol–water partition coefficient (Wildman–Crippen LogP) is 3.31. The standard InChI is InChI=1S/C13H11ClF2N2O2S/c1-7-2-3-9(6-12(7)17)21(19,20)18-13-10(14)4-8(15)5-11(13)16/h2-6,18H,17H2,1H3. The number of anilines is 2. The molecule has 0 saturated carbocycles. The molecule has 3 N–H and O–H groups in total. The Kier molecular flexibility index (Phi) is 4.06. The van der Waals surface area contributed by atoms with Crippen molar-refractivity contribution in [2.45, 2.75) is 11.8 Å². The van der Waals surface area contributed by atoms with Gasteiger partial charge in [0.25, 0.3) is 10.0 Å². The normalized spacial score (nSPS) is 11.4. The predicted molar refractivity (Wildman–Crippen MR) is 77.8 cm³/mol. The summed E-state index contributed by atoms with van der Waals surface area (Å²) in [6.45, 7) is 1.72. The van der Waals surface area contributed by atoms with Crippen LogP contribution in [0.5, 0.6) is 0 Å². The van der Waals surface area contributed by atoms with Crippen molar-refractivity contribution >= 4 is 33.0 Å². The van der Waals surface area contributed by atoms with Gasteiger partial charge in [0.2, 0.25) is 0 Å². The number of rotatable bonds is 3. The summed E-state index contributed by atoms with van der Waals surface area (Å²) in [6.07, 6.45) is 0. The largest absolute Gasteiger partial charge is 0.398 e. The monoisotopic (exact) mass is 332 g/mol. The van der Waals surface area contributed by atoms with Gasteiger partial charge in [0, 0.05) is 11.8 Å². The van der Waals surface area contributed by atoms with Gasteiger partial charge in [-0.15, -0.1) is 0 Å². The quantitative estimate of drug-likeness (QED) is 0.847. The third kappa shape index (κ3) is 3.25. The minimum atomic E-state index is -4.09. The molecule has 0 unspecified atom stereocenters. The average molecular weight is 333 g/mol. The summed E-state index contributed by atoms with van der Waals surface area (Å²) in [5.41, 5.74) is 6.12. The molecule has 2 aromatic rings. The highest BCUT2D eigenvalue weighted by Gasteiger charge is 2.20. The smallest absolute Gasteiger partial charge is 0.262 e. The average Bonchev–Trinajstić information content (AvgIpc) is 2.37. The topological polar surface area (TPSA) is 72.2 Å².